The largest absolute Gasteiger partial charge is 0.477 e. The van der Waals surface area contributed by atoms with Crippen molar-refractivity contribution in [3.05, 3.63) is 46.0 Å². The van der Waals surface area contributed by atoms with Gasteiger partial charge in [0.2, 0.25) is 5.88 Å². The molecule has 1 N–H and O–H groups in total. The highest BCUT2D eigenvalue weighted by atomic mass is 32.1. The first kappa shape index (κ1) is 13.5. The first-order valence-corrected chi connectivity index (χ1v) is 7.72. The summed E-state index contributed by atoms with van der Waals surface area (Å²) < 4.78 is 19.0. The standard InChI is InChI=1S/C15H17FN2OS/c16-12-8-11(9-17-13-3-4-13)15(18-10-12)19-6-5-14-2-1-7-20-14/h1-2,7-8,10,13,17H,3-6,9H2. The molecule has 3 rings (SSSR count). The van der Waals surface area contributed by atoms with Crippen LogP contribution in [0.25, 0.3) is 0 Å². The Morgan fingerprint density at radius 1 is 1.45 bits per heavy atom. The molecule has 20 heavy (non-hydrogen) atoms. The highest BCUT2D eigenvalue weighted by Crippen LogP contribution is 2.22. The van der Waals surface area contributed by atoms with Crippen LogP contribution in [0.5, 0.6) is 5.88 Å². The van der Waals surface area contributed by atoms with Crippen molar-refractivity contribution in [1.29, 1.82) is 0 Å². The zero-order valence-corrected chi connectivity index (χ0v) is 12.0. The molecule has 0 radical (unpaired) electrons. The number of nitrogens with one attached hydrogen (secondary N) is 1. The Balaban J connectivity index is 1.58. The van der Waals surface area contributed by atoms with E-state index < -0.39 is 0 Å². The van der Waals surface area contributed by atoms with Crippen molar-refractivity contribution in [2.45, 2.75) is 31.8 Å². The van der Waals surface area contributed by atoms with Crippen molar-refractivity contribution >= 4 is 11.3 Å². The topological polar surface area (TPSA) is 34.1 Å². The molecule has 0 aromatic carbocycles. The summed E-state index contributed by atoms with van der Waals surface area (Å²) in [6.07, 6.45) is 4.47. The van der Waals surface area contributed by atoms with Gasteiger partial charge in [0.1, 0.15) is 5.82 Å². The van der Waals surface area contributed by atoms with Gasteiger partial charge in [-0.1, -0.05) is 6.07 Å². The number of halogens is 1. The summed E-state index contributed by atoms with van der Waals surface area (Å²) in [7, 11) is 0. The molecule has 1 aliphatic carbocycles. The van der Waals surface area contributed by atoms with Gasteiger partial charge in [0.25, 0.3) is 0 Å². The number of hydrogen-bond acceptors (Lipinski definition) is 4. The van der Waals surface area contributed by atoms with E-state index in [1.807, 2.05) is 6.07 Å². The average Bonchev–Trinajstić information content (AvgIpc) is 3.13. The van der Waals surface area contributed by atoms with Crippen LogP contribution < -0.4 is 10.1 Å². The quantitative estimate of drug-likeness (QED) is 0.851. The third kappa shape index (κ3) is 3.77. The van der Waals surface area contributed by atoms with Crippen LogP contribution in [0.1, 0.15) is 23.3 Å². The van der Waals surface area contributed by atoms with Gasteiger partial charge in [-0.2, -0.15) is 0 Å². The lowest BCUT2D eigenvalue weighted by atomic mass is 10.2. The van der Waals surface area contributed by atoms with E-state index in [9.17, 15) is 4.39 Å². The minimum Gasteiger partial charge on any atom is -0.477 e. The van der Waals surface area contributed by atoms with Gasteiger partial charge >= 0.3 is 0 Å². The average molecular weight is 292 g/mol. The zero-order chi connectivity index (χ0) is 13.8. The molecule has 1 aliphatic rings. The molecule has 0 bridgehead atoms. The molecule has 2 aromatic rings. The van der Waals surface area contributed by atoms with Gasteiger partial charge in [0.05, 0.1) is 12.8 Å². The van der Waals surface area contributed by atoms with E-state index in [1.54, 1.807) is 11.3 Å². The van der Waals surface area contributed by atoms with Crippen molar-refractivity contribution in [2.24, 2.45) is 0 Å². The highest BCUT2D eigenvalue weighted by Gasteiger charge is 2.21. The van der Waals surface area contributed by atoms with Crippen molar-refractivity contribution in [3.8, 4) is 5.88 Å². The van der Waals surface area contributed by atoms with Gasteiger partial charge in [-0.05, 0) is 30.4 Å². The van der Waals surface area contributed by atoms with Crippen LogP contribution in [-0.4, -0.2) is 17.6 Å². The maximum atomic E-state index is 13.3. The molecule has 1 fully saturated rings. The fourth-order valence-electron chi connectivity index (χ4n) is 1.97. The molecule has 0 aliphatic heterocycles. The highest BCUT2D eigenvalue weighted by molar-refractivity contribution is 7.09. The molecular formula is C15H17FN2OS. The number of ether oxygens (including phenoxy) is 1. The van der Waals surface area contributed by atoms with Gasteiger partial charge in [-0.15, -0.1) is 11.3 Å². The Labute approximate surface area is 121 Å². The summed E-state index contributed by atoms with van der Waals surface area (Å²) in [6.45, 7) is 1.18. The molecule has 2 aromatic heterocycles. The first-order valence-electron chi connectivity index (χ1n) is 6.84. The second kappa shape index (κ2) is 6.33. The molecular weight excluding hydrogens is 275 g/mol. The minimum atomic E-state index is -0.316. The summed E-state index contributed by atoms with van der Waals surface area (Å²) in [5.74, 6) is 0.222. The van der Waals surface area contributed by atoms with Crippen LogP contribution in [-0.2, 0) is 13.0 Å². The van der Waals surface area contributed by atoms with Crippen LogP contribution >= 0.6 is 11.3 Å². The lowest BCUT2D eigenvalue weighted by molar-refractivity contribution is 0.305. The summed E-state index contributed by atoms with van der Waals surface area (Å²) in [5, 5.41) is 5.41. The van der Waals surface area contributed by atoms with Crippen molar-refractivity contribution in [2.75, 3.05) is 6.61 Å². The second-order valence-electron chi connectivity index (χ2n) is 4.95. The fourth-order valence-corrected chi connectivity index (χ4v) is 2.66. The molecule has 106 valence electrons. The molecule has 0 spiro atoms. The second-order valence-corrected chi connectivity index (χ2v) is 5.98. The third-order valence-corrected chi connectivity index (χ3v) is 4.15. The van der Waals surface area contributed by atoms with Gasteiger partial charge in [0.15, 0.2) is 0 Å². The minimum absolute atomic E-state index is 0.316. The van der Waals surface area contributed by atoms with E-state index in [4.69, 9.17) is 4.74 Å². The monoisotopic (exact) mass is 292 g/mol. The van der Waals surface area contributed by atoms with Crippen LogP contribution in [0.4, 0.5) is 4.39 Å². The van der Waals surface area contributed by atoms with E-state index in [0.29, 0.717) is 25.1 Å². The van der Waals surface area contributed by atoms with Crippen molar-refractivity contribution < 1.29 is 9.13 Å². The fraction of sp³-hybridized carbons (Fsp3) is 0.400. The number of pyridine rings is 1. The Hall–Kier alpha value is -1.46. The van der Waals surface area contributed by atoms with Crippen LogP contribution in [0.3, 0.4) is 0 Å². The van der Waals surface area contributed by atoms with E-state index >= 15 is 0 Å². The number of rotatable bonds is 7. The number of nitrogens with zero attached hydrogens (tertiary/aromatic N) is 1. The summed E-state index contributed by atoms with van der Waals surface area (Å²) in [5.41, 5.74) is 0.795. The summed E-state index contributed by atoms with van der Waals surface area (Å²) >= 11 is 1.71. The van der Waals surface area contributed by atoms with E-state index in [-0.39, 0.29) is 5.82 Å². The molecule has 3 nitrogen and oxygen atoms in total. The van der Waals surface area contributed by atoms with Crippen LogP contribution in [0.2, 0.25) is 0 Å². The Kier molecular flexibility index (Phi) is 4.28. The number of hydrogen-bond donors (Lipinski definition) is 1. The molecule has 2 heterocycles. The van der Waals surface area contributed by atoms with Gasteiger partial charge in [-0.25, -0.2) is 9.37 Å². The normalized spacial score (nSPS) is 14.4. The molecule has 1 saturated carbocycles. The van der Waals surface area contributed by atoms with E-state index in [1.165, 1.54) is 30.0 Å². The van der Waals surface area contributed by atoms with Crippen molar-refractivity contribution in [1.82, 2.24) is 10.3 Å². The summed E-state index contributed by atoms with van der Waals surface area (Å²) in [4.78, 5) is 5.34. The molecule has 0 unspecified atom stereocenters. The van der Waals surface area contributed by atoms with Gasteiger partial charge in [-0.3, -0.25) is 0 Å². The predicted octanol–water partition coefficient (Wildman–Crippen LogP) is 3.16. The maximum absolute atomic E-state index is 13.3. The Morgan fingerprint density at radius 3 is 3.10 bits per heavy atom. The molecule has 5 heteroatoms. The van der Waals surface area contributed by atoms with E-state index in [2.05, 4.69) is 21.7 Å². The molecule has 0 atom stereocenters. The predicted molar refractivity (Wildman–Crippen MR) is 77.6 cm³/mol. The third-order valence-electron chi connectivity index (χ3n) is 3.22. The van der Waals surface area contributed by atoms with Crippen LogP contribution in [0, 0.1) is 5.82 Å². The summed E-state index contributed by atoms with van der Waals surface area (Å²) in [6, 6.07) is 6.20. The maximum Gasteiger partial charge on any atom is 0.218 e. The molecule has 0 saturated heterocycles. The lowest BCUT2D eigenvalue weighted by Crippen LogP contribution is -2.17. The van der Waals surface area contributed by atoms with Crippen molar-refractivity contribution in [3.63, 3.8) is 0 Å². The SMILES string of the molecule is Fc1cnc(OCCc2cccs2)c(CNC2CC2)c1. The van der Waals surface area contributed by atoms with Gasteiger partial charge < -0.3 is 10.1 Å². The number of thiophene rings is 1. The zero-order valence-electron chi connectivity index (χ0n) is 11.1. The first-order chi connectivity index (χ1) is 9.81. The Morgan fingerprint density at radius 2 is 2.35 bits per heavy atom. The van der Waals surface area contributed by atoms with Crippen LogP contribution in [0.15, 0.2) is 29.8 Å². The number of aromatic nitrogens is 1. The smallest absolute Gasteiger partial charge is 0.218 e. The molecule has 0 amide bonds. The lowest BCUT2D eigenvalue weighted by Gasteiger charge is -2.10. The van der Waals surface area contributed by atoms with Gasteiger partial charge in [0, 0.05) is 29.4 Å². The van der Waals surface area contributed by atoms with E-state index in [0.717, 1.165) is 12.0 Å². The Bertz CT molecular complexity index is 555.